The predicted octanol–water partition coefficient (Wildman–Crippen LogP) is -0.0735. The minimum Gasteiger partial charge on any atom is -0.378 e. The molecule has 2 aliphatic heterocycles. The van der Waals surface area contributed by atoms with Gasteiger partial charge in [0.1, 0.15) is 0 Å². The first kappa shape index (κ1) is 8.48. The molecule has 0 saturated carbocycles. The van der Waals surface area contributed by atoms with Gasteiger partial charge in [-0.15, -0.1) is 0 Å². The van der Waals surface area contributed by atoms with Gasteiger partial charge in [0.2, 0.25) is 0 Å². The Kier molecular flexibility index (Phi) is 2.63. The van der Waals surface area contributed by atoms with Crippen molar-refractivity contribution < 1.29 is 4.74 Å². The first-order chi connectivity index (χ1) is 5.88. The molecule has 3 nitrogen and oxygen atoms in total. The Morgan fingerprint density at radius 2 is 2.33 bits per heavy atom. The van der Waals surface area contributed by atoms with E-state index in [1.165, 1.54) is 6.54 Å². The number of rotatable bonds is 0. The van der Waals surface area contributed by atoms with Crippen molar-refractivity contribution in [3.8, 4) is 0 Å². The monoisotopic (exact) mass is 170 g/mol. The van der Waals surface area contributed by atoms with Crippen molar-refractivity contribution >= 4 is 0 Å². The second-order valence-electron chi connectivity index (χ2n) is 3.86. The van der Waals surface area contributed by atoms with Gasteiger partial charge >= 0.3 is 0 Å². The molecular weight excluding hydrogens is 152 g/mol. The van der Waals surface area contributed by atoms with Crippen molar-refractivity contribution in [3.05, 3.63) is 0 Å². The molecule has 0 aromatic rings. The standard InChI is InChI=1S/C9H18N2O/c1-8-6-10-2-3-11-4-5-12-7-9(8)11/h8-10H,2-7H2,1H3. The highest BCUT2D eigenvalue weighted by Gasteiger charge is 2.29. The van der Waals surface area contributed by atoms with E-state index in [4.69, 9.17) is 4.74 Å². The Hall–Kier alpha value is -0.120. The topological polar surface area (TPSA) is 24.5 Å². The van der Waals surface area contributed by atoms with Crippen LogP contribution in [0.1, 0.15) is 6.92 Å². The molecule has 2 atom stereocenters. The molecule has 2 fully saturated rings. The number of nitrogens with zero attached hydrogens (tertiary/aromatic N) is 1. The molecule has 2 aliphatic rings. The van der Waals surface area contributed by atoms with E-state index < -0.39 is 0 Å². The van der Waals surface area contributed by atoms with Crippen LogP contribution in [0.25, 0.3) is 0 Å². The number of ether oxygens (including phenoxy) is 1. The lowest BCUT2D eigenvalue weighted by molar-refractivity contribution is -0.0191. The summed E-state index contributed by atoms with van der Waals surface area (Å²) < 4.78 is 5.50. The third-order valence-electron chi connectivity index (χ3n) is 2.98. The zero-order valence-corrected chi connectivity index (χ0v) is 7.75. The van der Waals surface area contributed by atoms with Gasteiger partial charge < -0.3 is 10.1 Å². The van der Waals surface area contributed by atoms with Crippen LogP contribution in [0.15, 0.2) is 0 Å². The van der Waals surface area contributed by atoms with Crippen molar-refractivity contribution in [3.63, 3.8) is 0 Å². The Labute approximate surface area is 74.1 Å². The summed E-state index contributed by atoms with van der Waals surface area (Å²) in [5.74, 6) is 0.729. The van der Waals surface area contributed by atoms with E-state index in [0.717, 1.165) is 38.8 Å². The maximum absolute atomic E-state index is 5.50. The average molecular weight is 170 g/mol. The Morgan fingerprint density at radius 1 is 1.42 bits per heavy atom. The molecule has 0 amide bonds. The third-order valence-corrected chi connectivity index (χ3v) is 2.98. The minimum atomic E-state index is 0.661. The van der Waals surface area contributed by atoms with Crippen LogP contribution in [0.3, 0.4) is 0 Å². The zero-order chi connectivity index (χ0) is 8.39. The van der Waals surface area contributed by atoms with Crippen LogP contribution >= 0.6 is 0 Å². The zero-order valence-electron chi connectivity index (χ0n) is 7.75. The van der Waals surface area contributed by atoms with Gasteiger partial charge in [-0.05, 0) is 12.5 Å². The quantitative estimate of drug-likeness (QED) is 0.550. The average Bonchev–Trinajstić information content (AvgIpc) is 2.29. The molecule has 3 heteroatoms. The number of nitrogens with one attached hydrogen (secondary N) is 1. The number of hydrogen-bond donors (Lipinski definition) is 1. The molecule has 0 spiro atoms. The van der Waals surface area contributed by atoms with Crippen LogP contribution in [0.4, 0.5) is 0 Å². The molecule has 2 saturated heterocycles. The Bertz CT molecular complexity index is 151. The molecule has 2 rings (SSSR count). The number of hydrogen-bond acceptors (Lipinski definition) is 3. The molecule has 2 heterocycles. The highest BCUT2D eigenvalue weighted by atomic mass is 16.5. The van der Waals surface area contributed by atoms with Crippen molar-refractivity contribution in [2.24, 2.45) is 5.92 Å². The first-order valence-electron chi connectivity index (χ1n) is 4.90. The highest BCUT2D eigenvalue weighted by molar-refractivity contribution is 4.84. The first-order valence-corrected chi connectivity index (χ1v) is 4.90. The summed E-state index contributed by atoms with van der Waals surface area (Å²) in [4.78, 5) is 2.56. The van der Waals surface area contributed by atoms with Gasteiger partial charge in [0, 0.05) is 25.7 Å². The summed E-state index contributed by atoms with van der Waals surface area (Å²) in [6, 6.07) is 0.661. The van der Waals surface area contributed by atoms with Crippen molar-refractivity contribution in [1.29, 1.82) is 0 Å². The van der Waals surface area contributed by atoms with Gasteiger partial charge in [-0.2, -0.15) is 0 Å². The van der Waals surface area contributed by atoms with E-state index in [1.807, 2.05) is 0 Å². The van der Waals surface area contributed by atoms with Gasteiger partial charge in [-0.25, -0.2) is 0 Å². The normalized spacial score (nSPS) is 38.8. The second-order valence-corrected chi connectivity index (χ2v) is 3.86. The lowest BCUT2D eigenvalue weighted by atomic mass is 10.0. The molecule has 0 bridgehead atoms. The van der Waals surface area contributed by atoms with E-state index in [9.17, 15) is 0 Å². The molecule has 70 valence electrons. The van der Waals surface area contributed by atoms with Crippen LogP contribution in [0.2, 0.25) is 0 Å². The molecule has 0 aromatic carbocycles. The summed E-state index contributed by atoms with van der Waals surface area (Å²) in [5, 5.41) is 3.46. The predicted molar refractivity (Wildman–Crippen MR) is 48.2 cm³/mol. The number of morpholine rings is 1. The van der Waals surface area contributed by atoms with Gasteiger partial charge in [-0.1, -0.05) is 6.92 Å². The van der Waals surface area contributed by atoms with Gasteiger partial charge in [-0.3, -0.25) is 4.90 Å². The van der Waals surface area contributed by atoms with E-state index in [0.29, 0.717) is 6.04 Å². The number of fused-ring (bicyclic) bond motifs is 1. The Morgan fingerprint density at radius 3 is 3.25 bits per heavy atom. The SMILES string of the molecule is CC1CNCCN2CCOCC12. The molecule has 1 N–H and O–H groups in total. The molecular formula is C9H18N2O. The van der Waals surface area contributed by atoms with E-state index in [-0.39, 0.29) is 0 Å². The lowest BCUT2D eigenvalue weighted by Crippen LogP contribution is -2.48. The van der Waals surface area contributed by atoms with Crippen LogP contribution in [-0.2, 0) is 4.74 Å². The maximum Gasteiger partial charge on any atom is 0.0625 e. The summed E-state index contributed by atoms with van der Waals surface area (Å²) in [6.45, 7) is 8.76. The van der Waals surface area contributed by atoms with Crippen molar-refractivity contribution in [2.45, 2.75) is 13.0 Å². The summed E-state index contributed by atoms with van der Waals surface area (Å²) in [5.41, 5.74) is 0. The van der Waals surface area contributed by atoms with Gasteiger partial charge in [0.05, 0.1) is 13.2 Å². The minimum absolute atomic E-state index is 0.661. The fraction of sp³-hybridized carbons (Fsp3) is 1.00. The van der Waals surface area contributed by atoms with E-state index in [2.05, 4.69) is 17.1 Å². The molecule has 0 aliphatic carbocycles. The van der Waals surface area contributed by atoms with E-state index >= 15 is 0 Å². The third kappa shape index (κ3) is 1.63. The fourth-order valence-electron chi connectivity index (χ4n) is 2.15. The summed E-state index contributed by atoms with van der Waals surface area (Å²) >= 11 is 0. The van der Waals surface area contributed by atoms with Crippen LogP contribution in [0, 0.1) is 5.92 Å². The summed E-state index contributed by atoms with van der Waals surface area (Å²) in [6.07, 6.45) is 0. The molecule has 12 heavy (non-hydrogen) atoms. The van der Waals surface area contributed by atoms with E-state index in [1.54, 1.807) is 0 Å². The largest absolute Gasteiger partial charge is 0.378 e. The molecule has 0 radical (unpaired) electrons. The maximum atomic E-state index is 5.50. The van der Waals surface area contributed by atoms with Gasteiger partial charge in [0.25, 0.3) is 0 Å². The fourth-order valence-corrected chi connectivity index (χ4v) is 2.15. The Balaban J connectivity index is 2.01. The van der Waals surface area contributed by atoms with Crippen LogP contribution < -0.4 is 5.32 Å². The molecule has 0 aromatic heterocycles. The van der Waals surface area contributed by atoms with Crippen LogP contribution in [0.5, 0.6) is 0 Å². The van der Waals surface area contributed by atoms with Crippen LogP contribution in [-0.4, -0.2) is 50.3 Å². The lowest BCUT2D eigenvalue weighted by Gasteiger charge is -2.36. The second kappa shape index (κ2) is 3.73. The van der Waals surface area contributed by atoms with Crippen molar-refractivity contribution in [2.75, 3.05) is 39.4 Å². The van der Waals surface area contributed by atoms with Crippen molar-refractivity contribution in [1.82, 2.24) is 10.2 Å². The smallest absolute Gasteiger partial charge is 0.0625 e. The molecule has 2 unspecified atom stereocenters. The summed E-state index contributed by atoms with van der Waals surface area (Å²) in [7, 11) is 0. The van der Waals surface area contributed by atoms with Gasteiger partial charge in [0.15, 0.2) is 0 Å². The highest BCUT2D eigenvalue weighted by Crippen LogP contribution is 2.16.